The molecule has 9 heteroatoms. The van der Waals surface area contributed by atoms with Crippen LogP contribution in [0.2, 0.25) is 16.6 Å². The average Bonchev–Trinajstić information content (AvgIpc) is 3.74. The second-order valence-electron chi connectivity index (χ2n) is 13.5. The Labute approximate surface area is 286 Å². The predicted octanol–water partition coefficient (Wildman–Crippen LogP) is 9.28. The van der Waals surface area contributed by atoms with E-state index in [1.807, 2.05) is 30.3 Å². The Morgan fingerprint density at radius 3 is 1.74 bits per heavy atom. The minimum absolute atomic E-state index is 0.00864. The summed E-state index contributed by atoms with van der Waals surface area (Å²) in [5.41, 5.74) is 3.58. The Balaban J connectivity index is 1.57. The van der Waals surface area contributed by atoms with E-state index in [1.165, 1.54) is 11.7 Å². The Kier molecular flexibility index (Phi) is 11.4. The first-order valence-corrected chi connectivity index (χ1v) is 19.6. The summed E-state index contributed by atoms with van der Waals surface area (Å²) in [4.78, 5) is 0. The fourth-order valence-electron chi connectivity index (χ4n) is 7.81. The zero-order valence-electron chi connectivity index (χ0n) is 29.0. The van der Waals surface area contributed by atoms with Crippen molar-refractivity contribution in [2.75, 3.05) is 20.8 Å². The molecular weight excluding hydrogens is 625 g/mol. The molecule has 0 amide bonds. The van der Waals surface area contributed by atoms with Crippen molar-refractivity contribution in [3.8, 4) is 17.4 Å². The molecule has 0 radical (unpaired) electrons. The van der Waals surface area contributed by atoms with Crippen molar-refractivity contribution in [1.29, 1.82) is 0 Å². The van der Waals surface area contributed by atoms with Crippen molar-refractivity contribution in [2.24, 2.45) is 5.92 Å². The minimum Gasteiger partial charge on any atom is -0.497 e. The van der Waals surface area contributed by atoms with Crippen LogP contribution >= 0.6 is 11.7 Å². The smallest absolute Gasteiger partial charge is 0.245 e. The monoisotopic (exact) mass is 674 g/mol. The van der Waals surface area contributed by atoms with E-state index in [-0.39, 0.29) is 18.1 Å². The molecule has 4 aromatic rings. The second kappa shape index (κ2) is 15.3. The largest absolute Gasteiger partial charge is 0.497 e. The van der Waals surface area contributed by atoms with Gasteiger partial charge < -0.3 is 23.4 Å². The lowest BCUT2D eigenvalue weighted by Gasteiger charge is -2.45. The molecule has 0 spiro atoms. The number of methoxy groups -OCH3 is 2. The van der Waals surface area contributed by atoms with Crippen LogP contribution in [0, 0.1) is 5.92 Å². The molecule has 0 N–H and O–H groups in total. The van der Waals surface area contributed by atoms with Crippen LogP contribution < -0.4 is 14.2 Å². The molecule has 1 aromatic heterocycles. The zero-order valence-corrected chi connectivity index (χ0v) is 30.8. The summed E-state index contributed by atoms with van der Waals surface area (Å²) in [7, 11) is 1.18. The first-order chi connectivity index (χ1) is 22.6. The predicted molar refractivity (Wildman–Crippen MR) is 191 cm³/mol. The second-order valence-corrected chi connectivity index (χ2v) is 19.5. The number of benzene rings is 3. The third kappa shape index (κ3) is 7.28. The van der Waals surface area contributed by atoms with E-state index in [2.05, 4.69) is 98.8 Å². The number of hydrogen-bond donors (Lipinski definition) is 0. The number of aromatic nitrogens is 2. The van der Waals surface area contributed by atoms with Crippen molar-refractivity contribution >= 4 is 20.0 Å². The maximum Gasteiger partial charge on any atom is 0.245 e. The van der Waals surface area contributed by atoms with Crippen molar-refractivity contribution in [1.82, 2.24) is 8.75 Å². The maximum atomic E-state index is 7.50. The summed E-state index contributed by atoms with van der Waals surface area (Å²) < 4.78 is 40.9. The van der Waals surface area contributed by atoms with E-state index in [4.69, 9.17) is 23.4 Å². The van der Waals surface area contributed by atoms with Gasteiger partial charge in [-0.2, -0.15) is 4.37 Å². The van der Waals surface area contributed by atoms with Gasteiger partial charge >= 0.3 is 0 Å². The first kappa shape index (κ1) is 35.1. The Bertz CT molecular complexity index is 1440. The molecule has 3 atom stereocenters. The SMILES string of the molecule is COc1ccc(C(OC[C@H]2C[C@@H](Oc3cnsn3)C[C@@H]2O[Si](C(C)C)(C(C)C)C(C)C)(c2ccccc2)c2ccc(OC)cc2)cc1. The lowest BCUT2D eigenvalue weighted by atomic mass is 9.80. The molecule has 0 aliphatic heterocycles. The topological polar surface area (TPSA) is 71.9 Å². The normalized spacial score (nSPS) is 18.7. The van der Waals surface area contributed by atoms with E-state index >= 15 is 0 Å². The van der Waals surface area contributed by atoms with Crippen molar-refractivity contribution < 1.29 is 23.4 Å². The Morgan fingerprint density at radius 1 is 0.745 bits per heavy atom. The van der Waals surface area contributed by atoms with Crippen LogP contribution in [0.25, 0.3) is 0 Å². The van der Waals surface area contributed by atoms with Crippen LogP contribution in [0.5, 0.6) is 17.4 Å². The fourth-order valence-corrected chi connectivity index (χ4v) is 13.8. The number of ether oxygens (including phenoxy) is 4. The molecule has 1 aliphatic rings. The van der Waals surface area contributed by atoms with Gasteiger partial charge in [0.15, 0.2) is 0 Å². The summed E-state index contributed by atoms with van der Waals surface area (Å²) in [6, 6.07) is 26.9. The summed E-state index contributed by atoms with van der Waals surface area (Å²) in [5, 5.41) is 0. The lowest BCUT2D eigenvalue weighted by molar-refractivity contribution is -0.0282. The molecule has 252 valence electrons. The van der Waals surface area contributed by atoms with Gasteiger partial charge in [-0.1, -0.05) is 96.1 Å². The molecule has 0 unspecified atom stereocenters. The molecule has 7 nitrogen and oxygen atoms in total. The third-order valence-electron chi connectivity index (χ3n) is 9.97. The minimum atomic E-state index is -2.20. The van der Waals surface area contributed by atoms with Gasteiger partial charge in [-0.15, -0.1) is 4.37 Å². The number of hydrogen-bond acceptors (Lipinski definition) is 8. The molecule has 47 heavy (non-hydrogen) atoms. The summed E-state index contributed by atoms with van der Waals surface area (Å²) >= 11 is 1.17. The van der Waals surface area contributed by atoms with Crippen LogP contribution in [0.15, 0.2) is 85.1 Å². The van der Waals surface area contributed by atoms with Crippen molar-refractivity contribution in [2.45, 2.75) is 88.8 Å². The molecular formula is C38H50N2O5SSi. The highest BCUT2D eigenvalue weighted by Crippen LogP contribution is 2.48. The van der Waals surface area contributed by atoms with E-state index in [0.29, 0.717) is 29.1 Å². The van der Waals surface area contributed by atoms with Gasteiger partial charge in [0.05, 0.1) is 38.7 Å². The van der Waals surface area contributed by atoms with Gasteiger partial charge in [0, 0.05) is 12.3 Å². The van der Waals surface area contributed by atoms with Crippen LogP contribution in [0.1, 0.15) is 71.1 Å². The third-order valence-corrected chi connectivity index (χ3v) is 16.6. The van der Waals surface area contributed by atoms with Gasteiger partial charge in [-0.25, -0.2) is 0 Å². The highest BCUT2D eigenvalue weighted by atomic mass is 32.1. The van der Waals surface area contributed by atoms with Crippen LogP contribution in [0.4, 0.5) is 0 Å². The first-order valence-electron chi connectivity index (χ1n) is 16.7. The van der Waals surface area contributed by atoms with Gasteiger partial charge in [-0.3, -0.25) is 0 Å². The van der Waals surface area contributed by atoms with E-state index < -0.39 is 13.9 Å². The molecule has 1 saturated carbocycles. The maximum absolute atomic E-state index is 7.50. The van der Waals surface area contributed by atoms with Gasteiger partial charge in [0.2, 0.25) is 14.2 Å². The van der Waals surface area contributed by atoms with Crippen LogP contribution in [0.3, 0.4) is 0 Å². The van der Waals surface area contributed by atoms with Crippen LogP contribution in [-0.2, 0) is 14.8 Å². The Hall–Kier alpha value is -3.24. The summed E-state index contributed by atoms with van der Waals surface area (Å²) in [5.74, 6) is 2.27. The number of nitrogens with zero attached hydrogens (tertiary/aromatic N) is 2. The van der Waals surface area contributed by atoms with Crippen molar-refractivity contribution in [3.63, 3.8) is 0 Å². The van der Waals surface area contributed by atoms with Gasteiger partial charge in [-0.05, 0) is 64.0 Å². The van der Waals surface area contributed by atoms with Gasteiger partial charge in [0.1, 0.15) is 29.4 Å². The van der Waals surface area contributed by atoms with Gasteiger partial charge in [0.25, 0.3) is 0 Å². The molecule has 1 aliphatic carbocycles. The Morgan fingerprint density at radius 2 is 1.28 bits per heavy atom. The van der Waals surface area contributed by atoms with E-state index in [9.17, 15) is 0 Å². The van der Waals surface area contributed by atoms with E-state index in [0.717, 1.165) is 41.0 Å². The molecule has 0 bridgehead atoms. The number of rotatable bonds is 15. The van der Waals surface area contributed by atoms with Crippen LogP contribution in [-0.4, -0.2) is 50.1 Å². The highest BCUT2D eigenvalue weighted by Gasteiger charge is 2.50. The van der Waals surface area contributed by atoms with E-state index in [1.54, 1.807) is 20.4 Å². The summed E-state index contributed by atoms with van der Waals surface area (Å²) in [6.45, 7) is 14.5. The standard InChI is InChI=1S/C38H50N2O5SSi/c1-26(2)47(27(3)4,28(5)6)45-36-23-35(44-37-24-39-46-40-37)22-29(36)25-43-38(30-12-10-9-11-13-30,31-14-18-33(41-7)19-15-31)32-16-20-34(42-8)21-17-32/h9-21,24,26-29,35-36H,22-23,25H2,1-8H3/t29-,35-,36+/m1/s1. The quantitative estimate of drug-likeness (QED) is 0.0919. The highest BCUT2D eigenvalue weighted by molar-refractivity contribution is 6.99. The van der Waals surface area contributed by atoms with Crippen molar-refractivity contribution in [3.05, 3.63) is 102 Å². The molecule has 1 fully saturated rings. The molecule has 1 heterocycles. The zero-order chi connectivity index (χ0) is 33.6. The lowest BCUT2D eigenvalue weighted by Crippen LogP contribution is -2.51. The molecule has 5 rings (SSSR count). The molecule has 0 saturated heterocycles. The fraction of sp³-hybridized carbons (Fsp3) is 0.474. The molecule has 3 aromatic carbocycles. The average molecular weight is 675 g/mol. The summed E-state index contributed by atoms with van der Waals surface area (Å²) in [6.07, 6.45) is 3.25.